The van der Waals surface area contributed by atoms with Gasteiger partial charge >= 0.3 is 5.97 Å². The van der Waals surface area contributed by atoms with Crippen LogP contribution in [0.4, 0.5) is 0 Å². The van der Waals surface area contributed by atoms with Gasteiger partial charge in [0, 0.05) is 6.54 Å². The quantitative estimate of drug-likeness (QED) is 0.728. The van der Waals surface area contributed by atoms with Crippen molar-refractivity contribution in [2.75, 3.05) is 0 Å². The van der Waals surface area contributed by atoms with E-state index in [-0.39, 0.29) is 0 Å². The molecular formula is C12H15NO2. The molecule has 2 rings (SSSR count). The molecule has 3 heteroatoms. The monoisotopic (exact) mass is 205 g/mol. The number of carbonyl (C=O) groups is 1. The number of aliphatic carboxylic acids is 1. The summed E-state index contributed by atoms with van der Waals surface area (Å²) in [5, 5.41) is 12.0. The predicted molar refractivity (Wildman–Crippen MR) is 57.9 cm³/mol. The van der Waals surface area contributed by atoms with E-state index in [1.165, 1.54) is 22.3 Å². The van der Waals surface area contributed by atoms with Crippen LogP contribution < -0.4 is 5.32 Å². The Bertz CT molecular complexity index is 412. The fraction of sp³-hybridized carbons (Fsp3) is 0.417. The normalized spacial score (nSPS) is 19.7. The maximum atomic E-state index is 10.9. The summed E-state index contributed by atoms with van der Waals surface area (Å²) in [7, 11) is 0. The number of fused-ring (bicyclic) bond motifs is 1. The highest BCUT2D eigenvalue weighted by Crippen LogP contribution is 2.22. The standard InChI is InChI=1S/C12H15NO2/c1-7-3-8(2)10-6-13-11(12(14)15)5-9(10)4-7/h3-4,11,13H,5-6H2,1-2H3,(H,14,15). The summed E-state index contributed by atoms with van der Waals surface area (Å²) in [6.07, 6.45) is 0.590. The maximum absolute atomic E-state index is 10.9. The van der Waals surface area contributed by atoms with Crippen LogP contribution >= 0.6 is 0 Å². The zero-order valence-electron chi connectivity index (χ0n) is 9.00. The Balaban J connectivity index is 2.37. The minimum atomic E-state index is -0.764. The van der Waals surface area contributed by atoms with Gasteiger partial charge in [0.05, 0.1) is 0 Å². The van der Waals surface area contributed by atoms with E-state index >= 15 is 0 Å². The van der Waals surface area contributed by atoms with Crippen LogP contribution in [-0.2, 0) is 17.8 Å². The molecule has 0 bridgehead atoms. The molecule has 0 saturated carbocycles. The molecule has 1 atom stereocenters. The fourth-order valence-electron chi connectivity index (χ4n) is 2.21. The first-order chi connectivity index (χ1) is 7.08. The average Bonchev–Trinajstić information content (AvgIpc) is 2.16. The second-order valence-corrected chi connectivity index (χ2v) is 4.20. The molecule has 80 valence electrons. The third kappa shape index (κ3) is 1.88. The average molecular weight is 205 g/mol. The second kappa shape index (κ2) is 3.66. The number of hydrogen-bond donors (Lipinski definition) is 2. The van der Waals surface area contributed by atoms with E-state index < -0.39 is 12.0 Å². The Morgan fingerprint density at radius 2 is 2.20 bits per heavy atom. The van der Waals surface area contributed by atoms with E-state index in [4.69, 9.17) is 5.11 Å². The number of nitrogens with one attached hydrogen (secondary N) is 1. The third-order valence-corrected chi connectivity index (χ3v) is 2.96. The lowest BCUT2D eigenvalue weighted by Gasteiger charge is -2.25. The van der Waals surface area contributed by atoms with Crippen LogP contribution in [-0.4, -0.2) is 17.1 Å². The van der Waals surface area contributed by atoms with Gasteiger partial charge in [-0.25, -0.2) is 0 Å². The fourth-order valence-corrected chi connectivity index (χ4v) is 2.21. The summed E-state index contributed by atoms with van der Waals surface area (Å²) in [5.41, 5.74) is 4.90. The van der Waals surface area contributed by atoms with E-state index in [1.54, 1.807) is 0 Å². The van der Waals surface area contributed by atoms with Crippen molar-refractivity contribution in [1.82, 2.24) is 5.32 Å². The molecule has 2 N–H and O–H groups in total. The molecule has 0 aliphatic carbocycles. The van der Waals surface area contributed by atoms with Gasteiger partial charge in [-0.1, -0.05) is 17.7 Å². The molecular weight excluding hydrogens is 190 g/mol. The molecule has 1 aliphatic heterocycles. The third-order valence-electron chi connectivity index (χ3n) is 2.96. The number of hydrogen-bond acceptors (Lipinski definition) is 2. The SMILES string of the molecule is Cc1cc(C)c2c(c1)CC(C(=O)O)NC2. The number of carboxylic acids is 1. The van der Waals surface area contributed by atoms with E-state index in [9.17, 15) is 4.79 Å². The van der Waals surface area contributed by atoms with Crippen LogP contribution in [0.3, 0.4) is 0 Å². The lowest BCUT2D eigenvalue weighted by Crippen LogP contribution is -2.41. The molecule has 15 heavy (non-hydrogen) atoms. The minimum Gasteiger partial charge on any atom is -0.480 e. The number of rotatable bonds is 1. The summed E-state index contributed by atoms with van der Waals surface area (Å²) >= 11 is 0. The number of carboxylic acid groups (broad SMARTS) is 1. The van der Waals surface area contributed by atoms with Gasteiger partial charge in [-0.3, -0.25) is 10.1 Å². The molecule has 0 aromatic heterocycles. The van der Waals surface area contributed by atoms with E-state index in [2.05, 4.69) is 24.4 Å². The summed E-state index contributed by atoms with van der Waals surface area (Å²) in [6, 6.07) is 3.81. The highest BCUT2D eigenvalue weighted by atomic mass is 16.4. The summed E-state index contributed by atoms with van der Waals surface area (Å²) in [4.78, 5) is 10.9. The summed E-state index contributed by atoms with van der Waals surface area (Å²) in [6.45, 7) is 4.79. The van der Waals surface area contributed by atoms with Crippen molar-refractivity contribution >= 4 is 5.97 Å². The minimum absolute atomic E-state index is 0.432. The van der Waals surface area contributed by atoms with Gasteiger partial charge in [-0.2, -0.15) is 0 Å². The molecule has 1 aromatic rings. The zero-order valence-corrected chi connectivity index (χ0v) is 9.00. The zero-order chi connectivity index (χ0) is 11.0. The largest absolute Gasteiger partial charge is 0.480 e. The smallest absolute Gasteiger partial charge is 0.321 e. The van der Waals surface area contributed by atoms with Gasteiger partial charge in [0.2, 0.25) is 0 Å². The Morgan fingerprint density at radius 3 is 2.87 bits per heavy atom. The Hall–Kier alpha value is -1.35. The molecule has 0 spiro atoms. The van der Waals surface area contributed by atoms with Gasteiger partial charge in [0.25, 0.3) is 0 Å². The molecule has 0 fully saturated rings. The molecule has 1 aliphatic rings. The number of aryl methyl sites for hydroxylation is 2. The van der Waals surface area contributed by atoms with Gasteiger partial charge in [-0.05, 0) is 37.0 Å². The molecule has 1 heterocycles. The van der Waals surface area contributed by atoms with Crippen molar-refractivity contribution in [1.29, 1.82) is 0 Å². The van der Waals surface area contributed by atoms with Crippen LogP contribution in [0.1, 0.15) is 22.3 Å². The van der Waals surface area contributed by atoms with Crippen LogP contribution in [0.2, 0.25) is 0 Å². The van der Waals surface area contributed by atoms with E-state index in [0.29, 0.717) is 13.0 Å². The molecule has 1 unspecified atom stereocenters. The van der Waals surface area contributed by atoms with Crippen LogP contribution in [0.5, 0.6) is 0 Å². The van der Waals surface area contributed by atoms with Crippen molar-refractivity contribution in [2.24, 2.45) is 0 Å². The van der Waals surface area contributed by atoms with Gasteiger partial charge in [-0.15, -0.1) is 0 Å². The van der Waals surface area contributed by atoms with Crippen molar-refractivity contribution in [3.8, 4) is 0 Å². The van der Waals surface area contributed by atoms with Crippen molar-refractivity contribution in [3.63, 3.8) is 0 Å². The Morgan fingerprint density at radius 1 is 1.47 bits per heavy atom. The van der Waals surface area contributed by atoms with Crippen LogP contribution in [0.15, 0.2) is 12.1 Å². The second-order valence-electron chi connectivity index (χ2n) is 4.20. The summed E-state index contributed by atoms with van der Waals surface area (Å²) < 4.78 is 0. The lowest BCUT2D eigenvalue weighted by atomic mass is 9.91. The van der Waals surface area contributed by atoms with Crippen molar-refractivity contribution in [2.45, 2.75) is 32.9 Å². The van der Waals surface area contributed by atoms with E-state index in [1.807, 2.05) is 6.92 Å². The van der Waals surface area contributed by atoms with Crippen LogP contribution in [0, 0.1) is 13.8 Å². The first-order valence-corrected chi connectivity index (χ1v) is 5.13. The van der Waals surface area contributed by atoms with Crippen LogP contribution in [0.25, 0.3) is 0 Å². The predicted octanol–water partition coefficient (Wildman–Crippen LogP) is 1.40. The lowest BCUT2D eigenvalue weighted by molar-refractivity contribution is -0.139. The first-order valence-electron chi connectivity index (χ1n) is 5.13. The number of benzene rings is 1. The van der Waals surface area contributed by atoms with Gasteiger partial charge < -0.3 is 5.11 Å². The molecule has 0 saturated heterocycles. The molecule has 0 amide bonds. The topological polar surface area (TPSA) is 49.3 Å². The highest BCUT2D eigenvalue weighted by Gasteiger charge is 2.24. The Kier molecular flexibility index (Phi) is 2.49. The van der Waals surface area contributed by atoms with Crippen molar-refractivity contribution in [3.05, 3.63) is 34.4 Å². The molecule has 0 radical (unpaired) electrons. The van der Waals surface area contributed by atoms with Gasteiger partial charge in [0.15, 0.2) is 0 Å². The van der Waals surface area contributed by atoms with Crippen molar-refractivity contribution < 1.29 is 9.90 Å². The molecule has 3 nitrogen and oxygen atoms in total. The maximum Gasteiger partial charge on any atom is 0.321 e. The summed E-state index contributed by atoms with van der Waals surface area (Å²) in [5.74, 6) is -0.764. The van der Waals surface area contributed by atoms with Gasteiger partial charge in [0.1, 0.15) is 6.04 Å². The first kappa shape index (κ1) is 10.2. The highest BCUT2D eigenvalue weighted by molar-refractivity contribution is 5.74. The van der Waals surface area contributed by atoms with E-state index in [0.717, 1.165) is 0 Å². The molecule has 1 aromatic carbocycles. The Labute approximate surface area is 89.1 Å².